The quantitative estimate of drug-likeness (QED) is 0.801. The number of carbonyl (C=O) groups excluding carboxylic acids is 1. The molecule has 0 saturated carbocycles. The average Bonchev–Trinajstić information content (AvgIpc) is 2.90. The number of rotatable bonds is 5. The van der Waals surface area contributed by atoms with E-state index in [1.54, 1.807) is 21.3 Å². The highest BCUT2D eigenvalue weighted by molar-refractivity contribution is 6.04. The first-order chi connectivity index (χ1) is 12.4. The number of anilines is 1. The molecule has 26 heavy (non-hydrogen) atoms. The van der Waals surface area contributed by atoms with Gasteiger partial charge in [-0.15, -0.1) is 0 Å². The number of hydrogen-bond donors (Lipinski definition) is 0. The van der Waals surface area contributed by atoms with Gasteiger partial charge in [0, 0.05) is 7.05 Å². The van der Waals surface area contributed by atoms with Crippen molar-refractivity contribution in [3.05, 3.63) is 40.7 Å². The highest BCUT2D eigenvalue weighted by Gasteiger charge is 2.33. The molecule has 0 N–H and O–H groups in total. The molecule has 0 saturated heterocycles. The maximum atomic E-state index is 14.5. The standard InChI is InChI=1S/C21H24FNO3/c1-6-7-13-9-16(25-4)20(17(10-13)26-5)19-12(2)8-15(22)21-14(19)11-18(24)23(21)3/h8-10H,6-7,11H2,1-5H3. The largest absolute Gasteiger partial charge is 0.496 e. The van der Waals surface area contributed by atoms with Crippen LogP contribution in [0.15, 0.2) is 18.2 Å². The number of nitrogens with zero attached hydrogens (tertiary/aromatic N) is 1. The number of hydrogen-bond acceptors (Lipinski definition) is 3. The van der Waals surface area contributed by atoms with Gasteiger partial charge in [0.1, 0.15) is 17.3 Å². The van der Waals surface area contributed by atoms with Gasteiger partial charge in [-0.2, -0.15) is 0 Å². The molecule has 3 rings (SSSR count). The molecule has 0 aromatic heterocycles. The van der Waals surface area contributed by atoms with E-state index in [0.29, 0.717) is 22.7 Å². The van der Waals surface area contributed by atoms with Crippen molar-refractivity contribution in [2.24, 2.45) is 0 Å². The number of carbonyl (C=O) groups is 1. The van der Waals surface area contributed by atoms with Gasteiger partial charge in [-0.05, 0) is 53.8 Å². The summed E-state index contributed by atoms with van der Waals surface area (Å²) in [4.78, 5) is 13.6. The first kappa shape index (κ1) is 18.2. The number of amides is 1. The maximum absolute atomic E-state index is 14.5. The number of ether oxygens (including phenoxy) is 2. The second kappa shape index (κ2) is 6.98. The van der Waals surface area contributed by atoms with Crippen LogP contribution in [-0.4, -0.2) is 27.2 Å². The molecule has 0 aliphatic carbocycles. The third-order valence-electron chi connectivity index (χ3n) is 4.94. The highest BCUT2D eigenvalue weighted by atomic mass is 19.1. The Morgan fingerprint density at radius 1 is 1.12 bits per heavy atom. The Balaban J connectivity index is 2.33. The fourth-order valence-corrected chi connectivity index (χ4v) is 3.75. The van der Waals surface area contributed by atoms with E-state index in [1.165, 1.54) is 11.0 Å². The molecular formula is C21H24FNO3. The van der Waals surface area contributed by atoms with Crippen molar-refractivity contribution < 1.29 is 18.7 Å². The number of methoxy groups -OCH3 is 2. The van der Waals surface area contributed by atoms with Crippen molar-refractivity contribution in [2.45, 2.75) is 33.1 Å². The minimum absolute atomic E-state index is 0.119. The van der Waals surface area contributed by atoms with Crippen LogP contribution in [0.2, 0.25) is 0 Å². The summed E-state index contributed by atoms with van der Waals surface area (Å²) in [5.74, 6) is 0.847. The summed E-state index contributed by atoms with van der Waals surface area (Å²) in [6.07, 6.45) is 2.09. The Hall–Kier alpha value is -2.56. The third-order valence-corrected chi connectivity index (χ3v) is 4.94. The lowest BCUT2D eigenvalue weighted by atomic mass is 9.90. The van der Waals surface area contributed by atoms with Gasteiger partial charge in [-0.1, -0.05) is 13.3 Å². The van der Waals surface area contributed by atoms with Gasteiger partial charge in [0.05, 0.1) is 31.9 Å². The van der Waals surface area contributed by atoms with E-state index in [-0.39, 0.29) is 18.1 Å². The van der Waals surface area contributed by atoms with Gasteiger partial charge in [-0.25, -0.2) is 4.39 Å². The molecule has 0 spiro atoms. The van der Waals surface area contributed by atoms with Crippen molar-refractivity contribution in [3.63, 3.8) is 0 Å². The summed E-state index contributed by atoms with van der Waals surface area (Å²) in [6, 6.07) is 5.47. The summed E-state index contributed by atoms with van der Waals surface area (Å²) in [7, 11) is 4.84. The van der Waals surface area contributed by atoms with Crippen LogP contribution in [0.3, 0.4) is 0 Å². The normalized spacial score (nSPS) is 13.2. The second-order valence-electron chi connectivity index (χ2n) is 6.63. The van der Waals surface area contributed by atoms with Crippen LogP contribution in [0.4, 0.5) is 10.1 Å². The smallest absolute Gasteiger partial charge is 0.231 e. The van der Waals surface area contributed by atoms with Crippen LogP contribution < -0.4 is 14.4 Å². The minimum atomic E-state index is -0.380. The molecule has 138 valence electrons. The molecule has 0 unspecified atom stereocenters. The summed E-state index contributed by atoms with van der Waals surface area (Å²) in [5, 5.41) is 0. The number of likely N-dealkylation sites (N-methyl/N-ethyl adjacent to an activating group) is 1. The Labute approximate surface area is 153 Å². The highest BCUT2D eigenvalue weighted by Crippen LogP contribution is 2.47. The van der Waals surface area contributed by atoms with Gasteiger partial charge < -0.3 is 14.4 Å². The molecule has 2 aromatic rings. The van der Waals surface area contributed by atoms with Gasteiger partial charge >= 0.3 is 0 Å². The number of aryl methyl sites for hydroxylation is 2. The van der Waals surface area contributed by atoms with Crippen molar-refractivity contribution >= 4 is 11.6 Å². The van der Waals surface area contributed by atoms with Crippen molar-refractivity contribution in [2.75, 3.05) is 26.2 Å². The predicted octanol–water partition coefficient (Wildman–Crippen LogP) is 4.29. The SMILES string of the molecule is CCCc1cc(OC)c(-c2c(C)cc(F)c3c2CC(=O)N3C)c(OC)c1. The first-order valence-corrected chi connectivity index (χ1v) is 8.76. The monoisotopic (exact) mass is 357 g/mol. The molecule has 0 radical (unpaired) electrons. The Kier molecular flexibility index (Phi) is 4.90. The minimum Gasteiger partial charge on any atom is -0.496 e. The molecule has 1 aliphatic rings. The molecule has 4 nitrogen and oxygen atoms in total. The van der Waals surface area contributed by atoms with Crippen molar-refractivity contribution in [3.8, 4) is 22.6 Å². The van der Waals surface area contributed by atoms with Crippen LogP contribution >= 0.6 is 0 Å². The first-order valence-electron chi connectivity index (χ1n) is 8.76. The predicted molar refractivity (Wildman–Crippen MR) is 101 cm³/mol. The summed E-state index contributed by atoms with van der Waals surface area (Å²) < 4.78 is 25.9. The third kappa shape index (κ3) is 2.81. The molecule has 2 aromatic carbocycles. The van der Waals surface area contributed by atoms with Crippen LogP contribution in [0.5, 0.6) is 11.5 Å². The maximum Gasteiger partial charge on any atom is 0.231 e. The molecule has 0 atom stereocenters. The molecule has 1 amide bonds. The van der Waals surface area contributed by atoms with E-state index >= 15 is 0 Å². The molecular weight excluding hydrogens is 333 g/mol. The lowest BCUT2D eigenvalue weighted by molar-refractivity contribution is -0.117. The van der Waals surface area contributed by atoms with Crippen LogP contribution in [0.1, 0.15) is 30.0 Å². The molecule has 5 heteroatoms. The average molecular weight is 357 g/mol. The van der Waals surface area contributed by atoms with Gasteiger partial charge in [0.2, 0.25) is 5.91 Å². The topological polar surface area (TPSA) is 38.8 Å². The lowest BCUT2D eigenvalue weighted by Gasteiger charge is -2.20. The molecule has 0 fully saturated rings. The zero-order valence-corrected chi connectivity index (χ0v) is 15.9. The molecule has 1 aliphatic heterocycles. The number of halogens is 1. The Bertz CT molecular complexity index is 851. The van der Waals surface area contributed by atoms with Gasteiger partial charge in [0.15, 0.2) is 0 Å². The van der Waals surface area contributed by atoms with Gasteiger partial charge in [-0.3, -0.25) is 4.79 Å². The van der Waals surface area contributed by atoms with Crippen molar-refractivity contribution in [1.82, 2.24) is 0 Å². The summed E-state index contributed by atoms with van der Waals surface area (Å²) in [5.41, 5.74) is 4.49. The van der Waals surface area contributed by atoms with E-state index < -0.39 is 0 Å². The number of benzene rings is 2. The molecule has 1 heterocycles. The van der Waals surface area contributed by atoms with Crippen LogP contribution in [-0.2, 0) is 17.6 Å². The molecule has 0 bridgehead atoms. The number of fused-ring (bicyclic) bond motifs is 1. The van der Waals surface area contributed by atoms with E-state index in [9.17, 15) is 9.18 Å². The second-order valence-corrected chi connectivity index (χ2v) is 6.63. The summed E-state index contributed by atoms with van der Waals surface area (Å²) >= 11 is 0. The zero-order chi connectivity index (χ0) is 19.0. The van der Waals surface area contributed by atoms with E-state index in [1.807, 2.05) is 19.1 Å². The Morgan fingerprint density at radius 2 is 1.73 bits per heavy atom. The van der Waals surface area contributed by atoms with E-state index in [4.69, 9.17) is 9.47 Å². The van der Waals surface area contributed by atoms with E-state index in [0.717, 1.165) is 35.1 Å². The fraction of sp³-hybridized carbons (Fsp3) is 0.381. The van der Waals surface area contributed by atoms with Gasteiger partial charge in [0.25, 0.3) is 0 Å². The fourth-order valence-electron chi connectivity index (χ4n) is 3.75. The Morgan fingerprint density at radius 3 is 2.27 bits per heavy atom. The lowest BCUT2D eigenvalue weighted by Crippen LogP contribution is -2.21. The van der Waals surface area contributed by atoms with Crippen molar-refractivity contribution in [1.29, 1.82) is 0 Å². The van der Waals surface area contributed by atoms with Crippen LogP contribution in [0, 0.1) is 12.7 Å². The summed E-state index contributed by atoms with van der Waals surface area (Å²) in [6.45, 7) is 3.96. The zero-order valence-electron chi connectivity index (χ0n) is 15.9. The van der Waals surface area contributed by atoms with Crippen LogP contribution in [0.25, 0.3) is 11.1 Å². The van der Waals surface area contributed by atoms with E-state index in [2.05, 4.69) is 6.92 Å².